The minimum atomic E-state index is -0.310. The number of nitrogens with zero attached hydrogens (tertiary/aromatic N) is 2. The fraction of sp³-hybridized carbons (Fsp3) is 0.200. The van der Waals surface area contributed by atoms with Gasteiger partial charge in [0.15, 0.2) is 0 Å². The number of hydrogen-bond acceptors (Lipinski definition) is 4. The lowest BCUT2D eigenvalue weighted by atomic mass is 10.0. The van der Waals surface area contributed by atoms with Gasteiger partial charge in [-0.2, -0.15) is 0 Å². The van der Waals surface area contributed by atoms with Crippen molar-refractivity contribution in [1.82, 2.24) is 9.88 Å². The van der Waals surface area contributed by atoms with Crippen LogP contribution in [0.2, 0.25) is 0 Å². The van der Waals surface area contributed by atoms with E-state index in [1.54, 1.807) is 0 Å². The first-order chi connectivity index (χ1) is 12.2. The zero-order valence-corrected chi connectivity index (χ0v) is 14.8. The van der Waals surface area contributed by atoms with Gasteiger partial charge < -0.3 is 10.0 Å². The van der Waals surface area contributed by atoms with Gasteiger partial charge in [-0.3, -0.25) is 5.41 Å². The summed E-state index contributed by atoms with van der Waals surface area (Å²) in [6.45, 7) is 2.80. The molecule has 0 amide bonds. The van der Waals surface area contributed by atoms with Crippen LogP contribution in [0.15, 0.2) is 60.4 Å². The third kappa shape index (κ3) is 2.61. The molecular formula is C20H19N3OS. The quantitative estimate of drug-likeness (QED) is 0.696. The van der Waals surface area contributed by atoms with Crippen molar-refractivity contribution < 1.29 is 5.11 Å². The van der Waals surface area contributed by atoms with E-state index in [-0.39, 0.29) is 11.8 Å². The second kappa shape index (κ2) is 6.33. The van der Waals surface area contributed by atoms with Gasteiger partial charge in [0.2, 0.25) is 0 Å². The first-order valence-electron chi connectivity index (χ1n) is 8.40. The maximum absolute atomic E-state index is 11.0. The van der Waals surface area contributed by atoms with E-state index in [9.17, 15) is 5.11 Å². The molecule has 0 radical (unpaired) electrons. The fourth-order valence-corrected chi connectivity index (χ4v) is 4.34. The Kier molecular flexibility index (Phi) is 4.01. The van der Waals surface area contributed by atoms with Crippen LogP contribution in [0, 0.1) is 5.41 Å². The molecule has 126 valence electrons. The number of fused-ring (bicyclic) bond motifs is 1. The Bertz CT molecular complexity index is 928. The van der Waals surface area contributed by atoms with E-state index >= 15 is 0 Å². The molecule has 2 N–H and O–H groups in total. The lowest BCUT2D eigenvalue weighted by Crippen LogP contribution is -2.30. The highest BCUT2D eigenvalue weighted by atomic mass is 32.1. The number of rotatable bonds is 4. The van der Waals surface area contributed by atoms with Crippen molar-refractivity contribution in [3.05, 3.63) is 70.9 Å². The van der Waals surface area contributed by atoms with Crippen LogP contribution >= 0.6 is 11.3 Å². The zero-order valence-electron chi connectivity index (χ0n) is 13.9. The monoisotopic (exact) mass is 349 g/mol. The molecule has 1 atom stereocenters. The van der Waals surface area contributed by atoms with E-state index in [1.165, 1.54) is 11.3 Å². The summed E-state index contributed by atoms with van der Waals surface area (Å²) in [5.74, 6) is 0.580. The third-order valence-corrected chi connectivity index (χ3v) is 5.49. The molecule has 0 spiro atoms. The number of para-hydroxylation sites is 1. The summed E-state index contributed by atoms with van der Waals surface area (Å²) >= 11 is 1.52. The van der Waals surface area contributed by atoms with Gasteiger partial charge in [0, 0.05) is 6.54 Å². The molecule has 0 unspecified atom stereocenters. The molecule has 4 rings (SSSR count). The number of thiazole rings is 1. The van der Waals surface area contributed by atoms with Crippen LogP contribution in [0.5, 0.6) is 0 Å². The second-order valence-electron chi connectivity index (χ2n) is 6.10. The Morgan fingerprint density at radius 3 is 2.56 bits per heavy atom. The molecule has 1 aliphatic rings. The molecule has 3 aromatic rings. The van der Waals surface area contributed by atoms with E-state index < -0.39 is 0 Å². The van der Waals surface area contributed by atoms with Gasteiger partial charge in [0.25, 0.3) is 0 Å². The van der Waals surface area contributed by atoms with Crippen molar-refractivity contribution in [2.24, 2.45) is 0 Å². The summed E-state index contributed by atoms with van der Waals surface area (Å²) < 4.78 is 1.07. The molecule has 2 heterocycles. The first kappa shape index (κ1) is 15.8. The van der Waals surface area contributed by atoms with Crippen molar-refractivity contribution in [3.63, 3.8) is 0 Å². The Morgan fingerprint density at radius 1 is 1.12 bits per heavy atom. The van der Waals surface area contributed by atoms with Gasteiger partial charge in [0.1, 0.15) is 22.6 Å². The molecule has 0 bridgehead atoms. The average Bonchev–Trinajstić information content (AvgIpc) is 3.15. The SMILES string of the molecule is CCCN1C(=N)C(c2nc3ccccc3s2)=C(O)[C@@H]1c1ccccc1. The predicted molar refractivity (Wildman–Crippen MR) is 103 cm³/mol. The smallest absolute Gasteiger partial charge is 0.135 e. The molecule has 0 saturated heterocycles. The number of amidine groups is 1. The van der Waals surface area contributed by atoms with E-state index in [0.29, 0.717) is 16.4 Å². The van der Waals surface area contributed by atoms with Crippen LogP contribution in [-0.4, -0.2) is 27.4 Å². The standard InChI is InChI=1S/C20H19N3OS/c1-2-12-23-17(13-8-4-3-5-9-13)18(24)16(19(23)21)20-22-14-10-6-7-11-15(14)25-20/h3-11,17,21,24H,2,12H2,1H3/t17-/m0/s1. The van der Waals surface area contributed by atoms with E-state index in [0.717, 1.165) is 28.7 Å². The number of nitrogens with one attached hydrogen (secondary N) is 1. The van der Waals surface area contributed by atoms with Gasteiger partial charge >= 0.3 is 0 Å². The van der Waals surface area contributed by atoms with Crippen LogP contribution in [-0.2, 0) is 0 Å². The lowest BCUT2D eigenvalue weighted by molar-refractivity contribution is 0.275. The van der Waals surface area contributed by atoms with Gasteiger partial charge in [-0.15, -0.1) is 11.3 Å². The summed E-state index contributed by atoms with van der Waals surface area (Å²) in [6.07, 6.45) is 0.909. The Morgan fingerprint density at radius 2 is 1.84 bits per heavy atom. The molecule has 2 aromatic carbocycles. The van der Waals surface area contributed by atoms with Crippen LogP contribution in [0.4, 0.5) is 0 Å². The number of hydrogen-bond donors (Lipinski definition) is 2. The maximum Gasteiger partial charge on any atom is 0.135 e. The van der Waals surface area contributed by atoms with Crippen LogP contribution in [0.1, 0.15) is 30.0 Å². The van der Waals surface area contributed by atoms with Crippen LogP contribution in [0.25, 0.3) is 15.8 Å². The van der Waals surface area contributed by atoms with E-state index in [1.807, 2.05) is 59.5 Å². The summed E-state index contributed by atoms with van der Waals surface area (Å²) in [5, 5.41) is 20.4. The van der Waals surface area contributed by atoms with E-state index in [4.69, 9.17) is 5.41 Å². The number of benzene rings is 2. The van der Waals surface area contributed by atoms with Crippen LogP contribution in [0.3, 0.4) is 0 Å². The Labute approximate surface area is 150 Å². The van der Waals surface area contributed by atoms with Gasteiger partial charge in [-0.25, -0.2) is 4.98 Å². The van der Waals surface area contributed by atoms with Crippen molar-refractivity contribution in [2.75, 3.05) is 6.54 Å². The third-order valence-electron chi connectivity index (χ3n) is 4.44. The average molecular weight is 349 g/mol. The zero-order chi connectivity index (χ0) is 17.4. The lowest BCUT2D eigenvalue weighted by Gasteiger charge is -2.26. The van der Waals surface area contributed by atoms with Crippen molar-refractivity contribution >= 4 is 33.0 Å². The fourth-order valence-electron chi connectivity index (χ4n) is 3.32. The van der Waals surface area contributed by atoms with Crippen molar-refractivity contribution in [2.45, 2.75) is 19.4 Å². The highest BCUT2D eigenvalue weighted by Gasteiger charge is 2.39. The summed E-state index contributed by atoms with van der Waals surface area (Å²) in [6, 6.07) is 17.5. The number of aliphatic hydroxyl groups is 1. The van der Waals surface area contributed by atoms with Crippen LogP contribution < -0.4 is 0 Å². The molecule has 0 saturated carbocycles. The Hall–Kier alpha value is -2.66. The molecule has 5 heteroatoms. The minimum absolute atomic E-state index is 0.226. The normalized spacial score (nSPS) is 17.7. The van der Waals surface area contributed by atoms with Gasteiger partial charge in [0.05, 0.1) is 15.8 Å². The minimum Gasteiger partial charge on any atom is -0.509 e. The highest BCUT2D eigenvalue weighted by molar-refractivity contribution is 7.19. The molecule has 4 nitrogen and oxygen atoms in total. The summed E-state index contributed by atoms with van der Waals surface area (Å²) in [5.41, 5.74) is 2.46. The Balaban J connectivity index is 1.85. The molecule has 25 heavy (non-hydrogen) atoms. The highest BCUT2D eigenvalue weighted by Crippen LogP contribution is 2.42. The number of aliphatic hydroxyl groups excluding tert-OH is 1. The largest absolute Gasteiger partial charge is 0.509 e. The number of aromatic nitrogens is 1. The maximum atomic E-state index is 11.0. The molecule has 0 aliphatic carbocycles. The van der Waals surface area contributed by atoms with Crippen molar-refractivity contribution in [1.29, 1.82) is 5.41 Å². The molecule has 1 aromatic heterocycles. The summed E-state index contributed by atoms with van der Waals surface area (Å²) in [4.78, 5) is 6.62. The second-order valence-corrected chi connectivity index (χ2v) is 7.13. The van der Waals surface area contributed by atoms with Gasteiger partial charge in [-0.05, 0) is 24.1 Å². The topological polar surface area (TPSA) is 60.2 Å². The summed E-state index contributed by atoms with van der Waals surface area (Å²) in [7, 11) is 0. The first-order valence-corrected chi connectivity index (χ1v) is 9.22. The predicted octanol–water partition coefficient (Wildman–Crippen LogP) is 5.01. The van der Waals surface area contributed by atoms with Gasteiger partial charge in [-0.1, -0.05) is 49.4 Å². The molecule has 0 fully saturated rings. The van der Waals surface area contributed by atoms with E-state index in [2.05, 4.69) is 11.9 Å². The molecule has 1 aliphatic heterocycles. The van der Waals surface area contributed by atoms with Crippen molar-refractivity contribution in [3.8, 4) is 0 Å². The molecular weight excluding hydrogens is 330 g/mol.